The Bertz CT molecular complexity index is 1110. The average molecular weight is 380 g/mol. The molecule has 0 aliphatic rings. The highest BCUT2D eigenvalue weighted by Crippen LogP contribution is 2.34. The lowest BCUT2D eigenvalue weighted by Crippen LogP contribution is -2.33. The molecule has 3 aromatic heterocycles. The molecular weight excluding hydrogens is 364 g/mol. The normalized spacial score (nSPS) is 11.4. The molecular formula is C20H15N2S3+. The van der Waals surface area contributed by atoms with Gasteiger partial charge in [0, 0.05) is 26.8 Å². The fraction of sp³-hybridized carbons (Fsp3) is 0.100. The van der Waals surface area contributed by atoms with Gasteiger partial charge < -0.3 is 0 Å². The minimum Gasteiger partial charge on any atom is -0.192 e. The Labute approximate surface area is 158 Å². The zero-order chi connectivity index (χ0) is 17.2. The van der Waals surface area contributed by atoms with E-state index in [1.165, 1.54) is 25.0 Å². The molecule has 5 heteroatoms. The maximum absolute atomic E-state index is 8.97. The summed E-state index contributed by atoms with van der Waals surface area (Å²) in [6.45, 7) is 3.15. The van der Waals surface area contributed by atoms with Crippen LogP contribution in [-0.2, 0) is 6.54 Å². The summed E-state index contributed by atoms with van der Waals surface area (Å²) in [5.41, 5.74) is 1.30. The maximum Gasteiger partial charge on any atom is 0.262 e. The molecule has 0 radical (unpaired) electrons. The van der Waals surface area contributed by atoms with Crippen LogP contribution in [0.3, 0.4) is 0 Å². The minimum absolute atomic E-state index is 0.759. The lowest BCUT2D eigenvalue weighted by atomic mass is 10.3. The van der Waals surface area contributed by atoms with Gasteiger partial charge in [0.05, 0.1) is 0 Å². The van der Waals surface area contributed by atoms with E-state index in [0.29, 0.717) is 0 Å². The van der Waals surface area contributed by atoms with Crippen molar-refractivity contribution >= 4 is 56.4 Å². The van der Waals surface area contributed by atoms with E-state index in [1.807, 2.05) is 23.5 Å². The topological polar surface area (TPSA) is 27.7 Å². The molecule has 0 bridgehead atoms. The quantitative estimate of drug-likeness (QED) is 0.397. The van der Waals surface area contributed by atoms with E-state index in [1.54, 1.807) is 22.7 Å². The second-order valence-corrected chi connectivity index (χ2v) is 8.72. The minimum atomic E-state index is 0.759. The van der Waals surface area contributed by atoms with E-state index >= 15 is 0 Å². The molecule has 0 N–H and O–H groups in total. The molecule has 122 valence electrons. The van der Waals surface area contributed by atoms with E-state index in [9.17, 15) is 0 Å². The summed E-state index contributed by atoms with van der Waals surface area (Å²) in [7, 11) is 0. The van der Waals surface area contributed by atoms with Crippen LogP contribution < -0.4 is 4.57 Å². The first-order valence-corrected chi connectivity index (χ1v) is 10.4. The predicted molar refractivity (Wildman–Crippen MR) is 109 cm³/mol. The monoisotopic (exact) mass is 379 g/mol. The van der Waals surface area contributed by atoms with Gasteiger partial charge in [-0.2, -0.15) is 9.83 Å². The van der Waals surface area contributed by atoms with Gasteiger partial charge in [-0.05, 0) is 43.3 Å². The van der Waals surface area contributed by atoms with Gasteiger partial charge in [-0.15, -0.1) is 22.7 Å². The van der Waals surface area contributed by atoms with Gasteiger partial charge in [0.2, 0.25) is 5.52 Å². The Kier molecular flexibility index (Phi) is 4.50. The number of fused-ring (bicyclic) bond motifs is 1. The van der Waals surface area contributed by atoms with E-state index in [2.05, 4.69) is 66.1 Å². The van der Waals surface area contributed by atoms with Crippen LogP contribution in [0.25, 0.3) is 32.1 Å². The number of rotatable bonds is 4. The average Bonchev–Trinajstić information content (AvgIpc) is 3.36. The third kappa shape index (κ3) is 3.16. The number of aromatic nitrogens is 1. The molecule has 4 aromatic rings. The molecule has 4 rings (SSSR count). The number of hydrogen-bond acceptors (Lipinski definition) is 4. The van der Waals surface area contributed by atoms with Crippen molar-refractivity contribution in [3.8, 4) is 15.8 Å². The Morgan fingerprint density at radius 2 is 1.76 bits per heavy atom. The van der Waals surface area contributed by atoms with Crippen LogP contribution in [0.1, 0.15) is 21.7 Å². The number of nitriles is 1. The highest BCUT2D eigenvalue weighted by molar-refractivity contribution is 7.22. The lowest BCUT2D eigenvalue weighted by Gasteiger charge is -1.91. The number of para-hydroxylation sites is 1. The smallest absolute Gasteiger partial charge is 0.192 e. The molecule has 0 amide bonds. The van der Waals surface area contributed by atoms with Crippen molar-refractivity contribution in [1.29, 1.82) is 5.26 Å². The first-order valence-electron chi connectivity index (χ1n) is 7.98. The number of thiazole rings is 1. The SMILES string of the molecule is CC[n+]1c(/C=C/c2ccc(-c3ccc(C#N)s3)s2)sc2ccccc21. The second-order valence-electron chi connectivity index (χ2n) is 5.46. The number of nitrogens with zero attached hydrogens (tertiary/aromatic N) is 2. The van der Waals surface area contributed by atoms with Crippen LogP contribution in [-0.4, -0.2) is 0 Å². The van der Waals surface area contributed by atoms with Crippen LogP contribution >= 0.6 is 34.0 Å². The van der Waals surface area contributed by atoms with E-state index < -0.39 is 0 Å². The van der Waals surface area contributed by atoms with Gasteiger partial charge in [-0.25, -0.2) is 0 Å². The summed E-state index contributed by atoms with van der Waals surface area (Å²) in [4.78, 5) is 4.36. The molecule has 1 aromatic carbocycles. The fourth-order valence-electron chi connectivity index (χ4n) is 2.76. The van der Waals surface area contributed by atoms with Crippen LogP contribution in [0.2, 0.25) is 0 Å². The molecule has 0 spiro atoms. The molecule has 0 fully saturated rings. The molecule has 2 nitrogen and oxygen atoms in total. The Morgan fingerprint density at radius 1 is 0.960 bits per heavy atom. The first kappa shape index (κ1) is 16.2. The van der Waals surface area contributed by atoms with Gasteiger partial charge in [0.25, 0.3) is 5.01 Å². The Balaban J connectivity index is 1.63. The standard InChI is InChI=1S/C20H15N2S3/c1-2-22-16-5-3-4-6-17(16)25-20(22)12-9-14-7-10-18(23-14)19-11-8-15(13-21)24-19/h3-12H,2H2,1H3/q+1/b12-9+. The molecule has 3 heterocycles. The van der Waals surface area contributed by atoms with Gasteiger partial charge in [-0.1, -0.05) is 23.5 Å². The summed E-state index contributed by atoms with van der Waals surface area (Å²) in [5, 5.41) is 10.2. The molecule has 0 saturated heterocycles. The van der Waals surface area contributed by atoms with Crippen LogP contribution in [0.15, 0.2) is 48.5 Å². The van der Waals surface area contributed by atoms with Crippen molar-refractivity contribution in [3.05, 3.63) is 63.3 Å². The largest absolute Gasteiger partial charge is 0.262 e. The summed E-state index contributed by atoms with van der Waals surface area (Å²) in [6.07, 6.45) is 4.39. The number of hydrogen-bond donors (Lipinski definition) is 0. The van der Waals surface area contributed by atoms with Gasteiger partial charge in [0.15, 0.2) is 0 Å². The highest BCUT2D eigenvalue weighted by atomic mass is 32.1. The van der Waals surface area contributed by atoms with Crippen LogP contribution in [0.5, 0.6) is 0 Å². The van der Waals surface area contributed by atoms with Crippen molar-refractivity contribution < 1.29 is 4.57 Å². The van der Waals surface area contributed by atoms with Crippen LogP contribution in [0, 0.1) is 11.3 Å². The summed E-state index contributed by atoms with van der Waals surface area (Å²) >= 11 is 5.13. The number of thiophene rings is 2. The molecule has 25 heavy (non-hydrogen) atoms. The zero-order valence-corrected chi connectivity index (χ0v) is 16.0. The predicted octanol–water partition coefficient (Wildman–Crippen LogP) is 6.04. The lowest BCUT2D eigenvalue weighted by molar-refractivity contribution is -0.665. The van der Waals surface area contributed by atoms with Crippen molar-refractivity contribution in [1.82, 2.24) is 0 Å². The summed E-state index contributed by atoms with van der Waals surface area (Å²) < 4.78 is 3.67. The third-order valence-electron chi connectivity index (χ3n) is 3.93. The Hall–Kier alpha value is -2.26. The summed E-state index contributed by atoms with van der Waals surface area (Å²) in [6, 6.07) is 18.9. The highest BCUT2D eigenvalue weighted by Gasteiger charge is 2.16. The molecule has 0 unspecified atom stereocenters. The van der Waals surface area contributed by atoms with Gasteiger partial charge in [-0.3, -0.25) is 0 Å². The van der Waals surface area contributed by atoms with Gasteiger partial charge in [0.1, 0.15) is 22.2 Å². The summed E-state index contributed by atoms with van der Waals surface area (Å²) in [5.74, 6) is 0. The number of aryl methyl sites for hydroxylation is 1. The van der Waals surface area contributed by atoms with E-state index in [0.717, 1.165) is 16.3 Å². The van der Waals surface area contributed by atoms with E-state index in [-0.39, 0.29) is 0 Å². The number of benzene rings is 1. The first-order chi connectivity index (χ1) is 12.3. The second kappa shape index (κ2) is 6.93. The third-order valence-corrected chi connectivity index (χ3v) is 7.30. The van der Waals surface area contributed by atoms with Crippen molar-refractivity contribution in [3.63, 3.8) is 0 Å². The zero-order valence-electron chi connectivity index (χ0n) is 13.6. The maximum atomic E-state index is 8.97. The molecule has 0 atom stereocenters. The Morgan fingerprint density at radius 3 is 2.56 bits per heavy atom. The van der Waals surface area contributed by atoms with Crippen molar-refractivity contribution in [2.45, 2.75) is 13.5 Å². The molecule has 0 aliphatic carbocycles. The van der Waals surface area contributed by atoms with Crippen LogP contribution in [0.4, 0.5) is 0 Å². The van der Waals surface area contributed by atoms with E-state index in [4.69, 9.17) is 5.26 Å². The molecule has 0 saturated carbocycles. The van der Waals surface area contributed by atoms with Gasteiger partial charge >= 0.3 is 0 Å². The fourth-order valence-corrected chi connectivity index (χ4v) is 5.69. The van der Waals surface area contributed by atoms with Crippen molar-refractivity contribution in [2.24, 2.45) is 0 Å². The van der Waals surface area contributed by atoms with Crippen molar-refractivity contribution in [2.75, 3.05) is 0 Å². The molecule has 0 aliphatic heterocycles.